The SMILES string of the molecule is CC(Cl)c1nc2c(F)cc(F)cc2n1C(C1CC1)C1CC1. The van der Waals surface area contributed by atoms with Crippen molar-refractivity contribution in [2.24, 2.45) is 11.8 Å². The fourth-order valence-corrected chi connectivity index (χ4v) is 3.57. The van der Waals surface area contributed by atoms with Gasteiger partial charge in [0.05, 0.1) is 10.9 Å². The number of nitrogens with zero attached hydrogens (tertiary/aromatic N) is 2. The molecule has 0 spiro atoms. The molecule has 2 fully saturated rings. The van der Waals surface area contributed by atoms with Gasteiger partial charge in [-0.1, -0.05) is 0 Å². The van der Waals surface area contributed by atoms with Crippen molar-refractivity contribution in [2.75, 3.05) is 0 Å². The van der Waals surface area contributed by atoms with Crippen LogP contribution in [0.15, 0.2) is 12.1 Å². The van der Waals surface area contributed by atoms with Crippen molar-refractivity contribution in [2.45, 2.75) is 44.0 Å². The molecule has 2 aromatic rings. The minimum Gasteiger partial charge on any atom is -0.323 e. The number of aromatic nitrogens is 2. The van der Waals surface area contributed by atoms with E-state index in [1.807, 2.05) is 11.5 Å². The lowest BCUT2D eigenvalue weighted by atomic mass is 10.1. The monoisotopic (exact) mass is 310 g/mol. The summed E-state index contributed by atoms with van der Waals surface area (Å²) in [5.41, 5.74) is 0.795. The highest BCUT2D eigenvalue weighted by atomic mass is 35.5. The quantitative estimate of drug-likeness (QED) is 0.729. The first-order valence-electron chi connectivity index (χ1n) is 7.57. The largest absolute Gasteiger partial charge is 0.323 e. The minimum absolute atomic E-state index is 0.241. The van der Waals surface area contributed by atoms with Gasteiger partial charge in [-0.05, 0) is 50.5 Å². The number of fused-ring (bicyclic) bond motifs is 1. The van der Waals surface area contributed by atoms with Crippen molar-refractivity contribution in [1.82, 2.24) is 9.55 Å². The lowest BCUT2D eigenvalue weighted by Gasteiger charge is -2.22. The lowest BCUT2D eigenvalue weighted by Crippen LogP contribution is -2.17. The maximum absolute atomic E-state index is 14.0. The molecule has 1 heterocycles. The zero-order valence-corrected chi connectivity index (χ0v) is 12.6. The summed E-state index contributed by atoms with van der Waals surface area (Å²) < 4.78 is 29.7. The molecule has 5 heteroatoms. The van der Waals surface area contributed by atoms with Gasteiger partial charge in [0.1, 0.15) is 17.2 Å². The first-order chi connectivity index (χ1) is 10.1. The Balaban J connectivity index is 1.97. The van der Waals surface area contributed by atoms with Gasteiger partial charge in [0, 0.05) is 12.1 Å². The zero-order valence-electron chi connectivity index (χ0n) is 11.8. The Morgan fingerprint density at radius 2 is 1.81 bits per heavy atom. The van der Waals surface area contributed by atoms with Gasteiger partial charge in [-0.2, -0.15) is 0 Å². The summed E-state index contributed by atoms with van der Waals surface area (Å²) in [5, 5.41) is -0.320. The Morgan fingerprint density at radius 3 is 2.33 bits per heavy atom. The van der Waals surface area contributed by atoms with Crippen LogP contribution in [0.4, 0.5) is 8.78 Å². The summed E-state index contributed by atoms with van der Waals surface area (Å²) >= 11 is 6.27. The Kier molecular flexibility index (Phi) is 3.00. The molecule has 21 heavy (non-hydrogen) atoms. The Hall–Kier alpha value is -1.16. The smallest absolute Gasteiger partial charge is 0.153 e. The number of imidazole rings is 1. The molecule has 2 aliphatic rings. The number of rotatable bonds is 4. The summed E-state index contributed by atoms with van der Waals surface area (Å²) in [7, 11) is 0. The fourth-order valence-electron chi connectivity index (χ4n) is 3.41. The van der Waals surface area contributed by atoms with Crippen LogP contribution in [0.25, 0.3) is 11.0 Å². The summed E-state index contributed by atoms with van der Waals surface area (Å²) in [6.07, 6.45) is 4.76. The zero-order chi connectivity index (χ0) is 14.7. The Labute approximate surface area is 127 Å². The highest BCUT2D eigenvalue weighted by molar-refractivity contribution is 6.20. The molecule has 0 radical (unpaired) electrons. The number of halogens is 3. The Bertz CT molecular complexity index is 690. The first kappa shape index (κ1) is 13.5. The number of benzene rings is 1. The van der Waals surface area contributed by atoms with Crippen LogP contribution in [-0.2, 0) is 0 Å². The van der Waals surface area contributed by atoms with E-state index in [0.717, 1.165) is 6.07 Å². The molecule has 2 saturated carbocycles. The molecule has 0 bridgehead atoms. The van der Waals surface area contributed by atoms with Gasteiger partial charge in [0.15, 0.2) is 5.82 Å². The average Bonchev–Trinajstić information content (AvgIpc) is 3.29. The van der Waals surface area contributed by atoms with E-state index < -0.39 is 11.6 Å². The van der Waals surface area contributed by atoms with Gasteiger partial charge in [-0.3, -0.25) is 0 Å². The Morgan fingerprint density at radius 1 is 1.19 bits per heavy atom. The standard InChI is InChI=1S/C16H17ClF2N2/c1-8(17)16-20-14-12(19)6-11(18)7-13(14)21(16)15(9-2-3-9)10-4-5-10/h6-10,15H,2-5H2,1H3. The summed E-state index contributed by atoms with van der Waals surface area (Å²) in [6.45, 7) is 1.84. The van der Waals surface area contributed by atoms with Crippen LogP contribution in [-0.4, -0.2) is 9.55 Å². The second kappa shape index (κ2) is 4.67. The van der Waals surface area contributed by atoms with Crippen LogP contribution in [0.2, 0.25) is 0 Å². The van der Waals surface area contributed by atoms with Gasteiger partial charge in [-0.15, -0.1) is 11.6 Å². The first-order valence-corrected chi connectivity index (χ1v) is 8.01. The van der Waals surface area contributed by atoms with Crippen LogP contribution >= 0.6 is 11.6 Å². The molecule has 112 valence electrons. The molecule has 2 nitrogen and oxygen atoms in total. The molecule has 0 N–H and O–H groups in total. The third kappa shape index (κ3) is 2.24. The summed E-state index contributed by atoms with van der Waals surface area (Å²) in [4.78, 5) is 4.38. The van der Waals surface area contributed by atoms with E-state index in [4.69, 9.17) is 11.6 Å². The molecule has 0 aliphatic heterocycles. The maximum Gasteiger partial charge on any atom is 0.153 e. The van der Waals surface area contributed by atoms with Gasteiger partial charge < -0.3 is 4.57 Å². The van der Waals surface area contributed by atoms with E-state index in [2.05, 4.69) is 4.98 Å². The van der Waals surface area contributed by atoms with Gasteiger partial charge in [0.25, 0.3) is 0 Å². The highest BCUT2D eigenvalue weighted by Gasteiger charge is 2.44. The van der Waals surface area contributed by atoms with Gasteiger partial charge in [0.2, 0.25) is 0 Å². The van der Waals surface area contributed by atoms with Crippen LogP contribution in [0.1, 0.15) is 49.9 Å². The van der Waals surface area contributed by atoms with Crippen LogP contribution in [0.5, 0.6) is 0 Å². The molecule has 0 saturated heterocycles. The van der Waals surface area contributed by atoms with Crippen molar-refractivity contribution in [3.63, 3.8) is 0 Å². The van der Waals surface area contributed by atoms with Gasteiger partial charge in [-0.25, -0.2) is 13.8 Å². The number of alkyl halides is 1. The van der Waals surface area contributed by atoms with Crippen molar-refractivity contribution < 1.29 is 8.78 Å². The van der Waals surface area contributed by atoms with Crippen LogP contribution < -0.4 is 0 Å². The van der Waals surface area contributed by atoms with Crippen molar-refractivity contribution >= 4 is 22.6 Å². The highest BCUT2D eigenvalue weighted by Crippen LogP contribution is 2.53. The third-order valence-corrected chi connectivity index (χ3v) is 4.80. The van der Waals surface area contributed by atoms with E-state index in [1.165, 1.54) is 31.7 Å². The second-order valence-electron chi connectivity index (χ2n) is 6.38. The molecule has 1 unspecified atom stereocenters. The minimum atomic E-state index is -0.604. The molecule has 0 amide bonds. The molecule has 1 aromatic heterocycles. The molecule has 4 rings (SSSR count). The number of hydrogen-bond acceptors (Lipinski definition) is 1. The maximum atomic E-state index is 14.0. The molecular weight excluding hydrogens is 294 g/mol. The lowest BCUT2D eigenvalue weighted by molar-refractivity contribution is 0.392. The molecule has 1 atom stereocenters. The van der Waals surface area contributed by atoms with Crippen LogP contribution in [0.3, 0.4) is 0 Å². The average molecular weight is 311 g/mol. The van der Waals surface area contributed by atoms with E-state index >= 15 is 0 Å². The van der Waals surface area contributed by atoms with E-state index in [1.54, 1.807) is 0 Å². The topological polar surface area (TPSA) is 17.8 Å². The van der Waals surface area contributed by atoms with Crippen molar-refractivity contribution in [3.05, 3.63) is 29.6 Å². The summed E-state index contributed by atoms with van der Waals surface area (Å²) in [5.74, 6) is 0.721. The van der Waals surface area contributed by atoms with E-state index in [0.29, 0.717) is 29.2 Å². The van der Waals surface area contributed by atoms with Gasteiger partial charge >= 0.3 is 0 Å². The van der Waals surface area contributed by atoms with Crippen molar-refractivity contribution in [3.8, 4) is 0 Å². The van der Waals surface area contributed by atoms with Crippen molar-refractivity contribution in [1.29, 1.82) is 0 Å². The predicted molar refractivity (Wildman–Crippen MR) is 78.4 cm³/mol. The van der Waals surface area contributed by atoms with Crippen LogP contribution in [0, 0.1) is 23.5 Å². The fraction of sp³-hybridized carbons (Fsp3) is 0.562. The number of hydrogen-bond donors (Lipinski definition) is 0. The van der Waals surface area contributed by atoms with E-state index in [9.17, 15) is 8.78 Å². The summed E-state index contributed by atoms with van der Waals surface area (Å²) in [6, 6.07) is 2.59. The third-order valence-electron chi connectivity index (χ3n) is 4.60. The predicted octanol–water partition coefficient (Wildman–Crippen LogP) is 4.98. The second-order valence-corrected chi connectivity index (χ2v) is 7.03. The van der Waals surface area contributed by atoms with E-state index in [-0.39, 0.29) is 10.9 Å². The molecule has 1 aromatic carbocycles. The normalized spacial score (nSPS) is 20.4. The molecular formula is C16H17ClF2N2. The molecule has 2 aliphatic carbocycles.